The summed E-state index contributed by atoms with van der Waals surface area (Å²) in [6.07, 6.45) is 5.09. The second-order valence-corrected chi connectivity index (χ2v) is 10.5. The Balaban J connectivity index is 1.44. The average molecular weight is 479 g/mol. The van der Waals surface area contributed by atoms with Gasteiger partial charge in [0.15, 0.2) is 0 Å². The lowest BCUT2D eigenvalue weighted by atomic mass is 9.52. The molecule has 0 spiro atoms. The van der Waals surface area contributed by atoms with Crippen LogP contribution in [0.2, 0.25) is 0 Å². The molecule has 2 aromatic carbocycles. The summed E-state index contributed by atoms with van der Waals surface area (Å²) in [6.45, 7) is 4.17. The van der Waals surface area contributed by atoms with Crippen molar-refractivity contribution >= 4 is 5.91 Å². The highest BCUT2D eigenvalue weighted by molar-refractivity contribution is 5.94. The molecule has 0 saturated heterocycles. The van der Waals surface area contributed by atoms with Gasteiger partial charge in [-0.25, -0.2) is 0 Å². The molecule has 3 aromatic rings. The third kappa shape index (κ3) is 4.81. The maximum Gasteiger partial charge on any atom is 0.251 e. The predicted octanol–water partition coefficient (Wildman–Crippen LogP) is 5.30. The molecule has 184 valence electrons. The highest BCUT2D eigenvalue weighted by Crippen LogP contribution is 2.54. The Bertz CT molecular complexity index is 1320. The minimum atomic E-state index is -0.902. The number of aliphatic hydroxyl groups is 1. The normalized spacial score (nSPS) is 24.6. The van der Waals surface area contributed by atoms with Crippen molar-refractivity contribution in [2.75, 3.05) is 0 Å². The van der Waals surface area contributed by atoms with Crippen molar-refractivity contribution in [3.8, 4) is 11.8 Å². The summed E-state index contributed by atoms with van der Waals surface area (Å²) < 4.78 is 0. The van der Waals surface area contributed by atoms with E-state index in [-0.39, 0.29) is 11.3 Å². The zero-order valence-corrected chi connectivity index (χ0v) is 21.2. The van der Waals surface area contributed by atoms with Crippen LogP contribution in [-0.4, -0.2) is 21.6 Å². The van der Waals surface area contributed by atoms with Crippen LogP contribution >= 0.6 is 0 Å². The van der Waals surface area contributed by atoms with E-state index in [0.29, 0.717) is 30.9 Å². The van der Waals surface area contributed by atoms with Gasteiger partial charge in [0.25, 0.3) is 5.91 Å². The van der Waals surface area contributed by atoms with Crippen LogP contribution in [0.4, 0.5) is 0 Å². The molecule has 2 aliphatic carbocycles. The lowest BCUT2D eigenvalue weighted by Gasteiger charge is -2.52. The number of amides is 1. The summed E-state index contributed by atoms with van der Waals surface area (Å²) in [6, 6.07) is 22.7. The fourth-order valence-corrected chi connectivity index (χ4v) is 6.43. The third-order valence-corrected chi connectivity index (χ3v) is 8.11. The van der Waals surface area contributed by atoms with Crippen molar-refractivity contribution in [2.24, 2.45) is 5.92 Å². The van der Waals surface area contributed by atoms with Crippen LogP contribution in [0, 0.1) is 24.7 Å². The molecule has 2 N–H and O–H groups in total. The average Bonchev–Trinajstić information content (AvgIpc) is 2.88. The molecule has 0 unspecified atom stereocenters. The van der Waals surface area contributed by atoms with E-state index in [2.05, 4.69) is 64.6 Å². The van der Waals surface area contributed by atoms with Crippen molar-refractivity contribution in [3.63, 3.8) is 0 Å². The molecule has 1 heterocycles. The maximum absolute atomic E-state index is 13.0. The molecule has 0 radical (unpaired) electrons. The fourth-order valence-electron chi connectivity index (χ4n) is 6.43. The van der Waals surface area contributed by atoms with Gasteiger partial charge in [0, 0.05) is 16.7 Å². The standard InChI is InChI=1S/C32H34N2O2/c1-3-16-31(36)17-18-32(20-24-9-5-4-6-10-24)27(21-31)14-12-25-19-26(13-15-29(25)32)30(35)33-22-28-11-7-8-23(2)34-28/h4-11,13,15,19,27,36H,12,14,17-18,20-22H2,1-2H3,(H,33,35)/t27-,31-,32+/m1/s1. The minimum absolute atomic E-state index is 0.0585. The van der Waals surface area contributed by atoms with E-state index < -0.39 is 5.60 Å². The van der Waals surface area contributed by atoms with Crippen molar-refractivity contribution in [1.82, 2.24) is 10.3 Å². The second-order valence-electron chi connectivity index (χ2n) is 10.5. The van der Waals surface area contributed by atoms with Gasteiger partial charge >= 0.3 is 0 Å². The number of rotatable bonds is 5. The van der Waals surface area contributed by atoms with Crippen LogP contribution in [0.1, 0.15) is 71.0 Å². The molecule has 1 fully saturated rings. The van der Waals surface area contributed by atoms with Crippen LogP contribution in [0.25, 0.3) is 0 Å². The van der Waals surface area contributed by atoms with Gasteiger partial charge in [-0.1, -0.05) is 48.4 Å². The quantitative estimate of drug-likeness (QED) is 0.489. The van der Waals surface area contributed by atoms with Gasteiger partial charge < -0.3 is 10.4 Å². The zero-order chi connectivity index (χ0) is 25.2. The van der Waals surface area contributed by atoms with E-state index in [1.807, 2.05) is 38.1 Å². The van der Waals surface area contributed by atoms with Gasteiger partial charge in [0.1, 0.15) is 5.60 Å². The van der Waals surface area contributed by atoms with Gasteiger partial charge in [-0.15, -0.1) is 5.92 Å². The third-order valence-electron chi connectivity index (χ3n) is 8.11. The Morgan fingerprint density at radius 1 is 1.11 bits per heavy atom. The Labute approximate surface area is 214 Å². The summed E-state index contributed by atoms with van der Waals surface area (Å²) in [7, 11) is 0. The van der Waals surface area contributed by atoms with Crippen LogP contribution in [0.15, 0.2) is 66.7 Å². The first-order valence-corrected chi connectivity index (χ1v) is 13.0. The van der Waals surface area contributed by atoms with Gasteiger partial charge in [-0.3, -0.25) is 9.78 Å². The highest BCUT2D eigenvalue weighted by Gasteiger charge is 2.51. The molecule has 4 nitrogen and oxygen atoms in total. The predicted molar refractivity (Wildman–Crippen MR) is 142 cm³/mol. The van der Waals surface area contributed by atoms with E-state index in [1.54, 1.807) is 0 Å². The number of hydrogen-bond donors (Lipinski definition) is 2. The van der Waals surface area contributed by atoms with Gasteiger partial charge in [0.05, 0.1) is 12.2 Å². The molecule has 1 amide bonds. The van der Waals surface area contributed by atoms with Crippen molar-refractivity contribution in [3.05, 3.63) is 100 Å². The van der Waals surface area contributed by atoms with Crippen LogP contribution < -0.4 is 5.32 Å². The first-order valence-electron chi connectivity index (χ1n) is 13.0. The van der Waals surface area contributed by atoms with Crippen molar-refractivity contribution in [1.29, 1.82) is 0 Å². The number of aryl methyl sites for hydroxylation is 2. The van der Waals surface area contributed by atoms with E-state index in [9.17, 15) is 9.90 Å². The molecule has 0 bridgehead atoms. The number of benzene rings is 2. The minimum Gasteiger partial charge on any atom is -0.378 e. The largest absolute Gasteiger partial charge is 0.378 e. The summed E-state index contributed by atoms with van der Waals surface area (Å²) in [5.41, 5.74) is 5.45. The first kappa shape index (κ1) is 24.3. The number of fused-ring (bicyclic) bond motifs is 3. The highest BCUT2D eigenvalue weighted by atomic mass is 16.3. The summed E-state index contributed by atoms with van der Waals surface area (Å²) in [5.74, 6) is 6.33. The summed E-state index contributed by atoms with van der Waals surface area (Å²) in [4.78, 5) is 17.5. The van der Waals surface area contributed by atoms with Gasteiger partial charge in [-0.05, 0) is 99.2 Å². The zero-order valence-electron chi connectivity index (χ0n) is 21.2. The Kier molecular flexibility index (Phi) is 6.69. The summed E-state index contributed by atoms with van der Waals surface area (Å²) >= 11 is 0. The number of carbonyl (C=O) groups is 1. The lowest BCUT2D eigenvalue weighted by molar-refractivity contribution is -0.00801. The number of carbonyl (C=O) groups excluding carboxylic acids is 1. The molecule has 3 atom stereocenters. The van der Waals surface area contributed by atoms with Gasteiger partial charge in [0.2, 0.25) is 0 Å². The molecule has 5 rings (SSSR count). The topological polar surface area (TPSA) is 62.2 Å². The van der Waals surface area contributed by atoms with E-state index in [1.165, 1.54) is 16.7 Å². The smallest absolute Gasteiger partial charge is 0.251 e. The van der Waals surface area contributed by atoms with Crippen molar-refractivity contribution < 1.29 is 9.90 Å². The monoisotopic (exact) mass is 478 g/mol. The Morgan fingerprint density at radius 3 is 2.72 bits per heavy atom. The number of nitrogens with one attached hydrogen (secondary N) is 1. The van der Waals surface area contributed by atoms with E-state index in [4.69, 9.17) is 0 Å². The van der Waals surface area contributed by atoms with E-state index in [0.717, 1.165) is 37.1 Å². The van der Waals surface area contributed by atoms with Crippen molar-refractivity contribution in [2.45, 2.75) is 69.9 Å². The number of aromatic nitrogens is 1. The number of hydrogen-bond acceptors (Lipinski definition) is 3. The molecular formula is C32H34N2O2. The first-order chi connectivity index (χ1) is 17.4. The molecule has 36 heavy (non-hydrogen) atoms. The van der Waals surface area contributed by atoms with Gasteiger partial charge in [-0.2, -0.15) is 0 Å². The van der Waals surface area contributed by atoms with Crippen LogP contribution in [0.3, 0.4) is 0 Å². The lowest BCUT2D eigenvalue weighted by Crippen LogP contribution is -2.51. The summed E-state index contributed by atoms with van der Waals surface area (Å²) in [5, 5.41) is 14.2. The van der Waals surface area contributed by atoms with Crippen LogP contribution in [0.5, 0.6) is 0 Å². The molecule has 1 aromatic heterocycles. The fraction of sp³-hybridized carbons (Fsp3) is 0.375. The molecule has 0 aliphatic heterocycles. The number of nitrogens with zero attached hydrogens (tertiary/aromatic N) is 1. The Morgan fingerprint density at radius 2 is 1.94 bits per heavy atom. The van der Waals surface area contributed by atoms with Crippen LogP contribution in [-0.2, 0) is 24.8 Å². The molecule has 1 saturated carbocycles. The second kappa shape index (κ2) is 9.91. The maximum atomic E-state index is 13.0. The van der Waals surface area contributed by atoms with E-state index >= 15 is 0 Å². The molecule has 4 heteroatoms. The number of pyridine rings is 1. The Hall–Kier alpha value is -3.42. The molecule has 2 aliphatic rings. The SMILES string of the molecule is CC#C[C@@]1(O)CC[C@@]2(Cc3ccccc3)c3ccc(C(=O)NCc4cccc(C)n4)cc3CC[C@@H]2C1. The molecular weight excluding hydrogens is 444 g/mol.